The minimum atomic E-state index is -0.688. The Labute approximate surface area is 104 Å². The molecule has 16 heavy (non-hydrogen) atoms. The van der Waals surface area contributed by atoms with E-state index in [1.165, 1.54) is 0 Å². The molecule has 0 aliphatic rings. The molecule has 0 fully saturated rings. The zero-order valence-electron chi connectivity index (χ0n) is 9.50. The summed E-state index contributed by atoms with van der Waals surface area (Å²) in [5.74, 6) is -0.268. The minimum absolute atomic E-state index is 0.183. The first kappa shape index (κ1) is 13.2. The van der Waals surface area contributed by atoms with Crippen LogP contribution in [0.3, 0.4) is 0 Å². The summed E-state index contributed by atoms with van der Waals surface area (Å²) in [5.41, 5.74) is 6.34. The van der Waals surface area contributed by atoms with Crippen molar-refractivity contribution in [1.82, 2.24) is 0 Å². The third kappa shape index (κ3) is 3.61. The average Bonchev–Trinajstić information content (AvgIpc) is 2.17. The van der Waals surface area contributed by atoms with E-state index >= 15 is 0 Å². The highest BCUT2D eigenvalue weighted by molar-refractivity contribution is 9.10. The second kappa shape index (κ2) is 5.46. The summed E-state index contributed by atoms with van der Waals surface area (Å²) < 4.78 is 5.88. The highest BCUT2D eigenvalue weighted by Gasteiger charge is 2.25. The molecule has 1 aromatic carbocycles. The van der Waals surface area contributed by atoms with Gasteiger partial charge in [-0.05, 0) is 31.5 Å². The average molecular weight is 286 g/mol. The van der Waals surface area contributed by atoms with Crippen molar-refractivity contribution in [2.75, 3.05) is 6.61 Å². The van der Waals surface area contributed by atoms with Gasteiger partial charge < -0.3 is 10.5 Å². The number of rotatable bonds is 4. The zero-order valence-corrected chi connectivity index (χ0v) is 11.1. The van der Waals surface area contributed by atoms with Gasteiger partial charge in [0.1, 0.15) is 0 Å². The van der Waals surface area contributed by atoms with E-state index in [0.717, 1.165) is 10.0 Å². The van der Waals surface area contributed by atoms with Crippen LogP contribution < -0.4 is 5.73 Å². The van der Waals surface area contributed by atoms with Gasteiger partial charge in [-0.3, -0.25) is 4.79 Å². The summed E-state index contributed by atoms with van der Waals surface area (Å²) in [7, 11) is 0. The lowest BCUT2D eigenvalue weighted by molar-refractivity contribution is -0.144. The van der Waals surface area contributed by atoms with Crippen molar-refractivity contribution in [2.24, 2.45) is 5.73 Å². The number of ether oxygens (including phenoxy) is 1. The number of benzene rings is 1. The fourth-order valence-electron chi connectivity index (χ4n) is 1.44. The quantitative estimate of drug-likeness (QED) is 0.865. The van der Waals surface area contributed by atoms with Crippen LogP contribution in [-0.4, -0.2) is 12.6 Å². The number of esters is 1. The molecule has 1 aromatic rings. The van der Waals surface area contributed by atoms with Crippen LogP contribution in [0.15, 0.2) is 28.7 Å². The van der Waals surface area contributed by atoms with E-state index in [9.17, 15) is 4.79 Å². The molecule has 0 amide bonds. The number of nitrogens with two attached hydrogens (primary N) is 1. The maximum Gasteiger partial charge on any atom is 0.307 e. The molecular weight excluding hydrogens is 270 g/mol. The predicted molar refractivity (Wildman–Crippen MR) is 66.9 cm³/mol. The van der Waals surface area contributed by atoms with Crippen molar-refractivity contribution in [3.63, 3.8) is 0 Å². The van der Waals surface area contributed by atoms with Gasteiger partial charge in [0.15, 0.2) is 0 Å². The topological polar surface area (TPSA) is 52.3 Å². The van der Waals surface area contributed by atoms with Gasteiger partial charge in [-0.25, -0.2) is 0 Å². The van der Waals surface area contributed by atoms with Crippen LogP contribution in [-0.2, 0) is 15.1 Å². The van der Waals surface area contributed by atoms with Crippen molar-refractivity contribution in [2.45, 2.75) is 25.8 Å². The number of halogens is 1. The van der Waals surface area contributed by atoms with Crippen molar-refractivity contribution in [3.8, 4) is 0 Å². The van der Waals surface area contributed by atoms with Gasteiger partial charge in [-0.2, -0.15) is 0 Å². The second-order valence-corrected chi connectivity index (χ2v) is 4.82. The van der Waals surface area contributed by atoms with Gasteiger partial charge in [0.2, 0.25) is 0 Å². The lowest BCUT2D eigenvalue weighted by Gasteiger charge is -2.24. The maximum atomic E-state index is 11.4. The van der Waals surface area contributed by atoms with Gasteiger partial charge in [0, 0.05) is 10.0 Å². The molecule has 3 nitrogen and oxygen atoms in total. The Kier molecular flexibility index (Phi) is 4.50. The van der Waals surface area contributed by atoms with Crippen molar-refractivity contribution >= 4 is 21.9 Å². The smallest absolute Gasteiger partial charge is 0.307 e. The fraction of sp³-hybridized carbons (Fsp3) is 0.417. The molecule has 0 saturated heterocycles. The lowest BCUT2D eigenvalue weighted by atomic mass is 9.90. The molecule has 1 unspecified atom stereocenters. The first-order valence-electron chi connectivity index (χ1n) is 5.16. The molecule has 0 spiro atoms. The normalized spacial score (nSPS) is 14.2. The highest BCUT2D eigenvalue weighted by atomic mass is 79.9. The molecule has 0 aliphatic heterocycles. The number of hydrogen-bond acceptors (Lipinski definition) is 3. The second-order valence-electron chi connectivity index (χ2n) is 3.91. The molecule has 2 N–H and O–H groups in total. The van der Waals surface area contributed by atoms with Crippen molar-refractivity contribution in [3.05, 3.63) is 34.3 Å². The van der Waals surface area contributed by atoms with Gasteiger partial charge in [-0.1, -0.05) is 28.1 Å². The van der Waals surface area contributed by atoms with E-state index in [-0.39, 0.29) is 12.4 Å². The lowest BCUT2D eigenvalue weighted by Crippen LogP contribution is -2.36. The number of hydrogen-bond donors (Lipinski definition) is 1. The highest BCUT2D eigenvalue weighted by Crippen LogP contribution is 2.23. The summed E-state index contributed by atoms with van der Waals surface area (Å²) in [4.78, 5) is 11.4. The Morgan fingerprint density at radius 3 is 2.50 bits per heavy atom. The summed E-state index contributed by atoms with van der Waals surface area (Å²) in [5, 5.41) is 0. The van der Waals surface area contributed by atoms with Crippen LogP contribution in [0.25, 0.3) is 0 Å². The van der Waals surface area contributed by atoms with Gasteiger partial charge in [-0.15, -0.1) is 0 Å². The molecular formula is C12H16BrNO2. The molecule has 0 bridgehead atoms. The SMILES string of the molecule is CCOC(=O)CC(C)(N)c1ccc(Br)cc1. The molecule has 1 rings (SSSR count). The monoisotopic (exact) mass is 285 g/mol. The Morgan fingerprint density at radius 2 is 2.00 bits per heavy atom. The molecule has 88 valence electrons. The summed E-state index contributed by atoms with van der Waals surface area (Å²) in [6.07, 6.45) is 0.183. The van der Waals surface area contributed by atoms with E-state index in [4.69, 9.17) is 10.5 Å². The summed E-state index contributed by atoms with van der Waals surface area (Å²) in [6.45, 7) is 3.99. The van der Waals surface area contributed by atoms with Crippen LogP contribution in [0.2, 0.25) is 0 Å². The third-order valence-electron chi connectivity index (χ3n) is 2.32. The molecule has 0 radical (unpaired) electrons. The predicted octanol–water partition coefficient (Wildman–Crippen LogP) is 2.58. The van der Waals surface area contributed by atoms with Gasteiger partial charge in [0.25, 0.3) is 0 Å². The third-order valence-corrected chi connectivity index (χ3v) is 2.85. The van der Waals surface area contributed by atoms with Crippen molar-refractivity contribution in [1.29, 1.82) is 0 Å². The van der Waals surface area contributed by atoms with Crippen LogP contribution in [0.1, 0.15) is 25.8 Å². The van der Waals surface area contributed by atoms with Crippen LogP contribution in [0, 0.1) is 0 Å². The van der Waals surface area contributed by atoms with Crippen LogP contribution in [0.4, 0.5) is 0 Å². The van der Waals surface area contributed by atoms with Crippen LogP contribution >= 0.6 is 15.9 Å². The first-order valence-corrected chi connectivity index (χ1v) is 5.95. The van der Waals surface area contributed by atoms with Gasteiger partial charge in [0.05, 0.1) is 13.0 Å². The van der Waals surface area contributed by atoms with E-state index in [0.29, 0.717) is 6.61 Å². The number of carbonyl (C=O) groups excluding carboxylic acids is 1. The first-order chi connectivity index (χ1) is 7.45. The molecule has 1 atom stereocenters. The van der Waals surface area contributed by atoms with E-state index in [2.05, 4.69) is 15.9 Å². The summed E-state index contributed by atoms with van der Waals surface area (Å²) in [6, 6.07) is 7.63. The van der Waals surface area contributed by atoms with Crippen molar-refractivity contribution < 1.29 is 9.53 Å². The molecule has 0 aliphatic carbocycles. The van der Waals surface area contributed by atoms with E-state index in [1.54, 1.807) is 6.92 Å². The zero-order chi connectivity index (χ0) is 12.2. The fourth-order valence-corrected chi connectivity index (χ4v) is 1.71. The Bertz CT molecular complexity index is 360. The van der Waals surface area contributed by atoms with E-state index in [1.807, 2.05) is 31.2 Å². The van der Waals surface area contributed by atoms with E-state index < -0.39 is 5.54 Å². The molecule has 0 aromatic heterocycles. The standard InChI is InChI=1S/C12H16BrNO2/c1-3-16-11(15)8-12(2,14)9-4-6-10(13)7-5-9/h4-7H,3,8,14H2,1-2H3. The largest absolute Gasteiger partial charge is 0.466 e. The van der Waals surface area contributed by atoms with Gasteiger partial charge >= 0.3 is 5.97 Å². The Hall–Kier alpha value is -0.870. The number of carbonyl (C=O) groups is 1. The molecule has 4 heteroatoms. The summed E-state index contributed by atoms with van der Waals surface area (Å²) >= 11 is 3.36. The van der Waals surface area contributed by atoms with Crippen LogP contribution in [0.5, 0.6) is 0 Å². The Balaban J connectivity index is 2.76. The Morgan fingerprint density at radius 1 is 1.44 bits per heavy atom. The minimum Gasteiger partial charge on any atom is -0.466 e. The molecule has 0 saturated carbocycles. The maximum absolute atomic E-state index is 11.4. The molecule has 0 heterocycles.